The molecule has 0 N–H and O–H groups in total. The summed E-state index contributed by atoms with van der Waals surface area (Å²) in [6, 6.07) is 122. The quantitative estimate of drug-likeness (QED) is 0.106. The Bertz CT molecular complexity index is 6070. The molecule has 0 radical (unpaired) electrons. The standard InChI is InChI=1S/C96H67BN4O2/c1-96(2,3)68-58-87-93-88(59-68)101(95-76(64-33-12-6-13-34-64)56-67(62-29-8-4-9-30-62)57-77(95)65-35-14-7-15-36-65)86-61-70(99-83-45-22-26-49-91(83)103-92-50-27-23-46-84(92)99)52-54-80(86)97(93)79-53-51-69(98-81-43-20-24-47-89(81)102-90-48-25-21-44-82(90)98)60-85(79)100(87)94-72(63-31-10-5-11-32-63)41-28-42-75(94)78-55-66-37-16-17-38-71(66)73-39-18-19-40-74(73)78/h4-61H,1-3H3/i58D,59D. The first-order valence-electron chi connectivity index (χ1n) is 36.4. The van der Waals surface area contributed by atoms with E-state index in [1.54, 1.807) is 0 Å². The minimum atomic E-state index is -0.767. The zero-order valence-corrected chi connectivity index (χ0v) is 57.0. The molecule has 6 nitrogen and oxygen atoms in total. The molecule has 0 saturated heterocycles. The number of fused-ring (bicyclic) bond motifs is 11. The Hall–Kier alpha value is -13.1. The van der Waals surface area contributed by atoms with E-state index in [-0.39, 0.29) is 6.04 Å². The molecule has 0 atom stereocenters. The highest BCUT2D eigenvalue weighted by molar-refractivity contribution is 7.00. The van der Waals surface area contributed by atoms with Crippen LogP contribution in [0.5, 0.6) is 23.0 Å². The highest BCUT2D eigenvalue weighted by Crippen LogP contribution is 2.59. The third kappa shape index (κ3) is 9.71. The van der Waals surface area contributed by atoms with Crippen molar-refractivity contribution in [3.05, 3.63) is 357 Å². The van der Waals surface area contributed by atoms with E-state index in [9.17, 15) is 2.74 Å². The fraction of sp³-hybridized carbons (Fsp3) is 0.0417. The summed E-state index contributed by atoms with van der Waals surface area (Å²) >= 11 is 0. The van der Waals surface area contributed by atoms with Gasteiger partial charge >= 0.3 is 0 Å². The van der Waals surface area contributed by atoms with Gasteiger partial charge in [0, 0.05) is 56.4 Å². The predicted octanol–water partition coefficient (Wildman–Crippen LogP) is 24.9. The van der Waals surface area contributed by atoms with Gasteiger partial charge in [0.1, 0.15) is 0 Å². The summed E-state index contributed by atoms with van der Waals surface area (Å²) in [4.78, 5) is 9.60. The number of hydrogen-bond donors (Lipinski definition) is 0. The van der Waals surface area contributed by atoms with E-state index in [1.165, 1.54) is 5.39 Å². The molecule has 4 aliphatic rings. The van der Waals surface area contributed by atoms with E-state index in [1.807, 2.05) is 48.5 Å². The van der Waals surface area contributed by atoms with Crippen LogP contribution in [0.3, 0.4) is 0 Å². The first-order chi connectivity index (χ1) is 51.6. The number of para-hydroxylation sites is 9. The van der Waals surface area contributed by atoms with Crippen LogP contribution < -0.4 is 45.5 Å². The number of nitrogens with zero attached hydrogens (tertiary/aromatic N) is 4. The van der Waals surface area contributed by atoms with Crippen LogP contribution in [-0.4, -0.2) is 6.71 Å². The molecule has 486 valence electrons. The summed E-state index contributed by atoms with van der Waals surface area (Å²) in [6.45, 7) is 5.98. The second kappa shape index (κ2) is 23.8. The lowest BCUT2D eigenvalue weighted by atomic mass is 9.33. The van der Waals surface area contributed by atoms with Crippen LogP contribution in [0.1, 0.15) is 29.1 Å². The van der Waals surface area contributed by atoms with Crippen molar-refractivity contribution < 1.29 is 12.2 Å². The van der Waals surface area contributed by atoms with Crippen molar-refractivity contribution in [1.82, 2.24) is 0 Å². The molecule has 0 fully saturated rings. The van der Waals surface area contributed by atoms with Gasteiger partial charge in [-0.25, -0.2) is 0 Å². The summed E-state index contributed by atoms with van der Waals surface area (Å²) < 4.78 is 36.9. The Morgan fingerprint density at radius 3 is 1.15 bits per heavy atom. The first-order valence-corrected chi connectivity index (χ1v) is 35.4. The maximum atomic E-state index is 11.7. The minimum Gasteiger partial charge on any atom is -0.453 e. The lowest BCUT2D eigenvalue weighted by Crippen LogP contribution is -2.61. The van der Waals surface area contributed by atoms with Gasteiger partial charge < -0.3 is 29.1 Å². The molecule has 16 aromatic rings. The van der Waals surface area contributed by atoms with Crippen molar-refractivity contribution in [3.8, 4) is 78.6 Å². The second-order valence-electron chi connectivity index (χ2n) is 28.1. The monoisotopic (exact) mass is 1320 g/mol. The molecule has 7 heteroatoms. The Morgan fingerprint density at radius 1 is 0.282 bits per heavy atom. The molecular formula is C96H67BN4O2. The molecule has 0 spiro atoms. The van der Waals surface area contributed by atoms with Gasteiger partial charge in [-0.05, 0) is 185 Å². The Balaban J connectivity index is 0.977. The van der Waals surface area contributed by atoms with E-state index in [0.717, 1.165) is 168 Å². The van der Waals surface area contributed by atoms with E-state index < -0.39 is 12.1 Å². The van der Waals surface area contributed by atoms with Gasteiger partial charge in [-0.15, -0.1) is 0 Å². The lowest BCUT2D eigenvalue weighted by molar-refractivity contribution is 0.477. The average molecular weight is 1320 g/mol. The molecule has 0 bridgehead atoms. The summed E-state index contributed by atoms with van der Waals surface area (Å²) in [6.07, 6.45) is 0. The Kier molecular flexibility index (Phi) is 13.3. The van der Waals surface area contributed by atoms with Gasteiger partial charge in [0.05, 0.1) is 36.9 Å². The van der Waals surface area contributed by atoms with Crippen molar-refractivity contribution in [2.45, 2.75) is 26.2 Å². The Labute approximate surface area is 603 Å². The van der Waals surface area contributed by atoms with Crippen LogP contribution in [0.2, 0.25) is 0 Å². The SMILES string of the molecule is [2H]c1c2c3c(c([2H])c1C(C)(C)C)N(c1c(-c4ccccc4)cccc1-c1cc4ccccc4c4ccccc14)c1cc(N4c5ccccc5Oc5ccccc54)ccc1B3c1ccc(N3c4ccccc4Oc4ccccc43)cc1N2c1c(-c2ccccc2)cc(-c2ccccc2)cc1-c1ccccc1. The Morgan fingerprint density at radius 2 is 0.670 bits per heavy atom. The van der Waals surface area contributed by atoms with Crippen molar-refractivity contribution in [2.75, 3.05) is 19.6 Å². The molecular weight excluding hydrogens is 1250 g/mol. The molecule has 4 heterocycles. The average Bonchev–Trinajstić information content (AvgIpc) is 0.675. The summed E-state index contributed by atoms with van der Waals surface area (Å²) in [5.74, 6) is 2.98. The lowest BCUT2D eigenvalue weighted by Gasteiger charge is -2.47. The molecule has 0 unspecified atom stereocenters. The molecule has 103 heavy (non-hydrogen) atoms. The molecule has 0 aromatic heterocycles. The van der Waals surface area contributed by atoms with E-state index >= 15 is 0 Å². The van der Waals surface area contributed by atoms with Gasteiger partial charge in [-0.1, -0.05) is 269 Å². The predicted molar refractivity (Wildman–Crippen MR) is 431 cm³/mol. The summed E-state index contributed by atoms with van der Waals surface area (Å²) in [5.41, 5.74) is 23.4. The van der Waals surface area contributed by atoms with E-state index in [4.69, 9.17) is 9.47 Å². The van der Waals surface area contributed by atoms with Crippen LogP contribution in [0.25, 0.3) is 77.2 Å². The number of benzene rings is 16. The maximum absolute atomic E-state index is 11.7. The highest BCUT2D eigenvalue weighted by atomic mass is 16.5. The van der Waals surface area contributed by atoms with E-state index in [0.29, 0.717) is 23.0 Å². The van der Waals surface area contributed by atoms with Crippen molar-refractivity contribution in [2.24, 2.45) is 0 Å². The third-order valence-corrected chi connectivity index (χ3v) is 21.0. The summed E-state index contributed by atoms with van der Waals surface area (Å²) in [5, 5.41) is 4.56. The normalized spacial score (nSPS) is 13.3. The summed E-state index contributed by atoms with van der Waals surface area (Å²) in [7, 11) is 0. The molecule has 20 rings (SSSR count). The zero-order chi connectivity index (χ0) is 70.2. The second-order valence-corrected chi connectivity index (χ2v) is 28.1. The molecule has 4 aliphatic heterocycles. The molecule has 16 aromatic carbocycles. The fourth-order valence-corrected chi connectivity index (χ4v) is 16.4. The van der Waals surface area contributed by atoms with Crippen LogP contribution in [0.4, 0.5) is 68.2 Å². The fourth-order valence-electron chi connectivity index (χ4n) is 16.4. The first kappa shape index (κ1) is 57.8. The number of ether oxygens (including phenoxy) is 2. The molecule has 0 saturated carbocycles. The van der Waals surface area contributed by atoms with Crippen molar-refractivity contribution >= 4 is 113 Å². The maximum Gasteiger partial charge on any atom is 0.252 e. The molecule has 0 aliphatic carbocycles. The third-order valence-electron chi connectivity index (χ3n) is 21.0. The van der Waals surface area contributed by atoms with Crippen LogP contribution in [-0.2, 0) is 5.41 Å². The van der Waals surface area contributed by atoms with Gasteiger partial charge in [0.15, 0.2) is 23.0 Å². The highest BCUT2D eigenvalue weighted by Gasteiger charge is 2.47. The minimum absolute atomic E-state index is 0.290. The smallest absolute Gasteiger partial charge is 0.252 e. The number of anilines is 12. The van der Waals surface area contributed by atoms with Crippen LogP contribution in [0.15, 0.2) is 352 Å². The van der Waals surface area contributed by atoms with E-state index in [2.05, 4.69) is 332 Å². The number of hydrogen-bond acceptors (Lipinski definition) is 6. The van der Waals surface area contributed by atoms with Gasteiger partial charge in [0.25, 0.3) is 6.71 Å². The van der Waals surface area contributed by atoms with Gasteiger partial charge in [0.2, 0.25) is 0 Å². The van der Waals surface area contributed by atoms with Crippen LogP contribution >= 0.6 is 0 Å². The number of rotatable bonds is 9. The van der Waals surface area contributed by atoms with Crippen molar-refractivity contribution in [1.29, 1.82) is 0 Å². The van der Waals surface area contributed by atoms with Gasteiger partial charge in [-0.3, -0.25) is 0 Å². The topological polar surface area (TPSA) is 31.4 Å². The zero-order valence-electron chi connectivity index (χ0n) is 59.0. The molecule has 0 amide bonds. The van der Waals surface area contributed by atoms with Crippen molar-refractivity contribution in [3.63, 3.8) is 0 Å². The van der Waals surface area contributed by atoms with Crippen LogP contribution in [0, 0.1) is 0 Å². The van der Waals surface area contributed by atoms with Gasteiger partial charge in [-0.2, -0.15) is 0 Å². The largest absolute Gasteiger partial charge is 0.453 e.